The van der Waals surface area contributed by atoms with Crippen molar-refractivity contribution in [3.63, 3.8) is 0 Å². The number of hydrogen-bond donors (Lipinski definition) is 0. The first-order valence-corrected chi connectivity index (χ1v) is 6.97. The van der Waals surface area contributed by atoms with Crippen LogP contribution in [-0.4, -0.2) is 25.7 Å². The second-order valence-electron chi connectivity index (χ2n) is 4.83. The van der Waals surface area contributed by atoms with Gasteiger partial charge in [0.1, 0.15) is 12.2 Å². The van der Waals surface area contributed by atoms with E-state index in [1.165, 1.54) is 6.33 Å². The summed E-state index contributed by atoms with van der Waals surface area (Å²) in [6.07, 6.45) is 9.68. The Morgan fingerprint density at radius 2 is 1.50 bits per heavy atom. The minimum absolute atomic E-state index is 0.0661. The van der Waals surface area contributed by atoms with Crippen molar-refractivity contribution in [1.29, 1.82) is 0 Å². The predicted molar refractivity (Wildman–Crippen MR) is 81.3 cm³/mol. The summed E-state index contributed by atoms with van der Waals surface area (Å²) in [6.45, 7) is 0. The molecule has 0 aliphatic rings. The van der Waals surface area contributed by atoms with Crippen molar-refractivity contribution < 1.29 is 4.79 Å². The van der Waals surface area contributed by atoms with E-state index in [1.54, 1.807) is 36.9 Å². The van der Waals surface area contributed by atoms with Gasteiger partial charge < -0.3 is 0 Å². The molecule has 0 saturated heterocycles. The number of ketones is 1. The van der Waals surface area contributed by atoms with Crippen LogP contribution >= 0.6 is 0 Å². The fraction of sp³-hybridized carbons (Fsp3) is 0.118. The summed E-state index contributed by atoms with van der Waals surface area (Å²) in [7, 11) is 0. The van der Waals surface area contributed by atoms with Gasteiger partial charge in [0.25, 0.3) is 0 Å². The first-order valence-electron chi connectivity index (χ1n) is 6.97. The molecule has 0 saturated carbocycles. The maximum Gasteiger partial charge on any atom is 0.196 e. The van der Waals surface area contributed by atoms with E-state index >= 15 is 0 Å². The minimum atomic E-state index is -0.0661. The first kappa shape index (κ1) is 14.0. The summed E-state index contributed by atoms with van der Waals surface area (Å²) in [5, 5.41) is 0. The zero-order valence-corrected chi connectivity index (χ0v) is 11.9. The standard InChI is InChI=1S/C17H14N4O/c22-17(14-4-2-1-3-5-14)15-10-20-16(21-11-15)7-6-13-8-18-12-19-9-13/h1-5,8-12H,6-7H2. The average molecular weight is 290 g/mol. The van der Waals surface area contributed by atoms with Gasteiger partial charge in [-0.15, -0.1) is 0 Å². The zero-order valence-electron chi connectivity index (χ0n) is 11.9. The molecule has 0 amide bonds. The molecule has 1 aromatic carbocycles. The highest BCUT2D eigenvalue weighted by Crippen LogP contribution is 2.08. The largest absolute Gasteiger partial charge is 0.288 e. The Labute approximate surface area is 128 Å². The quantitative estimate of drug-likeness (QED) is 0.674. The number of aromatic nitrogens is 4. The number of rotatable bonds is 5. The Balaban J connectivity index is 1.67. The molecule has 5 nitrogen and oxygen atoms in total. The Kier molecular flexibility index (Phi) is 4.25. The van der Waals surface area contributed by atoms with Crippen LogP contribution in [0.4, 0.5) is 0 Å². The van der Waals surface area contributed by atoms with Crippen LogP contribution in [0.2, 0.25) is 0 Å². The van der Waals surface area contributed by atoms with Crippen molar-refractivity contribution in [2.75, 3.05) is 0 Å². The molecule has 0 aliphatic heterocycles. The summed E-state index contributed by atoms with van der Waals surface area (Å²) < 4.78 is 0. The smallest absolute Gasteiger partial charge is 0.196 e. The Bertz CT molecular complexity index is 743. The summed E-state index contributed by atoms with van der Waals surface area (Å²) in [4.78, 5) is 28.7. The van der Waals surface area contributed by atoms with Crippen LogP contribution in [-0.2, 0) is 12.8 Å². The highest BCUT2D eigenvalue weighted by Gasteiger charge is 2.09. The van der Waals surface area contributed by atoms with Crippen LogP contribution in [0.15, 0.2) is 61.4 Å². The number of aryl methyl sites for hydroxylation is 2. The van der Waals surface area contributed by atoms with Crippen molar-refractivity contribution >= 4 is 5.78 Å². The lowest BCUT2D eigenvalue weighted by Gasteiger charge is -2.03. The second kappa shape index (κ2) is 6.67. The monoisotopic (exact) mass is 290 g/mol. The SMILES string of the molecule is O=C(c1ccccc1)c1cnc(CCc2cncnc2)nc1. The molecule has 2 aromatic heterocycles. The Morgan fingerprint density at radius 1 is 0.818 bits per heavy atom. The van der Waals surface area contributed by atoms with Crippen molar-refractivity contribution in [3.8, 4) is 0 Å². The minimum Gasteiger partial charge on any atom is -0.288 e. The molecule has 108 valence electrons. The number of benzene rings is 1. The van der Waals surface area contributed by atoms with Gasteiger partial charge in [0.05, 0.1) is 5.56 Å². The van der Waals surface area contributed by atoms with Gasteiger partial charge in [-0.25, -0.2) is 19.9 Å². The average Bonchev–Trinajstić information content (AvgIpc) is 2.61. The molecule has 0 unspecified atom stereocenters. The molecule has 0 N–H and O–H groups in total. The number of carbonyl (C=O) groups is 1. The van der Waals surface area contributed by atoms with E-state index in [2.05, 4.69) is 19.9 Å². The molecular formula is C17H14N4O. The van der Waals surface area contributed by atoms with Crippen LogP contribution in [0.1, 0.15) is 27.3 Å². The normalized spacial score (nSPS) is 10.4. The van der Waals surface area contributed by atoms with Gasteiger partial charge in [0.2, 0.25) is 0 Å². The maximum absolute atomic E-state index is 12.2. The molecular weight excluding hydrogens is 276 g/mol. The molecule has 0 bridgehead atoms. The van der Waals surface area contributed by atoms with Crippen LogP contribution < -0.4 is 0 Å². The molecule has 3 aromatic rings. The number of hydrogen-bond acceptors (Lipinski definition) is 5. The van der Waals surface area contributed by atoms with E-state index in [-0.39, 0.29) is 5.78 Å². The summed E-state index contributed by atoms with van der Waals surface area (Å²) in [5.41, 5.74) is 2.17. The van der Waals surface area contributed by atoms with E-state index < -0.39 is 0 Å². The second-order valence-corrected chi connectivity index (χ2v) is 4.83. The van der Waals surface area contributed by atoms with Crippen molar-refractivity contribution in [2.45, 2.75) is 12.8 Å². The summed E-state index contributed by atoms with van der Waals surface area (Å²) in [6, 6.07) is 9.12. The van der Waals surface area contributed by atoms with Crippen LogP contribution in [0.5, 0.6) is 0 Å². The van der Waals surface area contributed by atoms with Crippen molar-refractivity contribution in [1.82, 2.24) is 19.9 Å². The third-order valence-electron chi connectivity index (χ3n) is 3.25. The maximum atomic E-state index is 12.2. The van der Waals surface area contributed by atoms with Gasteiger partial charge in [-0.3, -0.25) is 4.79 Å². The topological polar surface area (TPSA) is 68.6 Å². The number of carbonyl (C=O) groups excluding carboxylic acids is 1. The van der Waals surface area contributed by atoms with E-state index in [4.69, 9.17) is 0 Å². The molecule has 0 fully saturated rings. The van der Waals surface area contributed by atoms with Gasteiger partial charge in [0, 0.05) is 36.8 Å². The lowest BCUT2D eigenvalue weighted by Crippen LogP contribution is -2.05. The van der Waals surface area contributed by atoms with E-state index in [1.807, 2.05) is 18.2 Å². The third kappa shape index (κ3) is 3.38. The fourth-order valence-electron chi connectivity index (χ4n) is 2.07. The van der Waals surface area contributed by atoms with Crippen molar-refractivity contribution in [3.05, 3.63) is 84.0 Å². The molecule has 0 spiro atoms. The Morgan fingerprint density at radius 3 is 2.18 bits per heavy atom. The molecule has 0 atom stereocenters. The molecule has 3 rings (SSSR count). The van der Waals surface area contributed by atoms with Crippen molar-refractivity contribution in [2.24, 2.45) is 0 Å². The van der Waals surface area contributed by atoms with Crippen LogP contribution in [0, 0.1) is 0 Å². The zero-order chi connectivity index (χ0) is 15.2. The van der Waals surface area contributed by atoms with Gasteiger partial charge in [-0.2, -0.15) is 0 Å². The van der Waals surface area contributed by atoms with E-state index in [0.29, 0.717) is 23.4 Å². The fourth-order valence-corrected chi connectivity index (χ4v) is 2.07. The van der Waals surface area contributed by atoms with E-state index in [0.717, 1.165) is 12.0 Å². The molecule has 0 aliphatic carbocycles. The highest BCUT2D eigenvalue weighted by molar-refractivity contribution is 6.08. The lowest BCUT2D eigenvalue weighted by atomic mass is 10.1. The van der Waals surface area contributed by atoms with Gasteiger partial charge >= 0.3 is 0 Å². The first-order chi connectivity index (χ1) is 10.8. The van der Waals surface area contributed by atoms with Gasteiger partial charge in [0.15, 0.2) is 5.78 Å². The summed E-state index contributed by atoms with van der Waals surface area (Å²) >= 11 is 0. The molecule has 0 radical (unpaired) electrons. The lowest BCUT2D eigenvalue weighted by molar-refractivity contribution is 0.103. The van der Waals surface area contributed by atoms with Crippen LogP contribution in [0.3, 0.4) is 0 Å². The van der Waals surface area contributed by atoms with Crippen LogP contribution in [0.25, 0.3) is 0 Å². The Hall–Kier alpha value is -2.95. The molecule has 2 heterocycles. The molecule has 5 heteroatoms. The van der Waals surface area contributed by atoms with E-state index in [9.17, 15) is 4.79 Å². The third-order valence-corrected chi connectivity index (χ3v) is 3.25. The van der Waals surface area contributed by atoms with Gasteiger partial charge in [-0.05, 0) is 12.0 Å². The highest BCUT2D eigenvalue weighted by atomic mass is 16.1. The number of nitrogens with zero attached hydrogens (tertiary/aromatic N) is 4. The molecule has 22 heavy (non-hydrogen) atoms. The summed E-state index contributed by atoms with van der Waals surface area (Å²) in [5.74, 6) is 0.636. The van der Waals surface area contributed by atoms with Gasteiger partial charge in [-0.1, -0.05) is 30.3 Å². The predicted octanol–water partition coefficient (Wildman–Crippen LogP) is 2.28.